The van der Waals surface area contributed by atoms with Crippen LogP contribution in [0.2, 0.25) is 83.6 Å². The van der Waals surface area contributed by atoms with Crippen LogP contribution in [0, 0.1) is 0 Å². The lowest BCUT2D eigenvalue weighted by Crippen LogP contribution is -2.52. The molecule has 0 aromatic heterocycles. The predicted octanol–water partition coefficient (Wildman–Crippen LogP) is 7.69. The van der Waals surface area contributed by atoms with Gasteiger partial charge in [-0.25, -0.2) is 0 Å². The van der Waals surface area contributed by atoms with E-state index in [1.54, 1.807) is 7.11 Å². The number of aryl methyl sites for hydroxylation is 1. The van der Waals surface area contributed by atoms with Crippen molar-refractivity contribution in [2.75, 3.05) is 20.3 Å². The van der Waals surface area contributed by atoms with E-state index in [-0.39, 0.29) is 0 Å². The molecule has 36 heavy (non-hydrogen) atoms. The Bertz CT molecular complexity index is 812. The average molecular weight is 587 g/mol. The molecule has 0 aliphatic heterocycles. The molecule has 1 aromatic rings. The van der Waals surface area contributed by atoms with Crippen LogP contribution in [0.4, 0.5) is 0 Å². The maximum Gasteiger partial charge on any atom is 0.311 e. The molecule has 0 aliphatic carbocycles. The van der Waals surface area contributed by atoms with Crippen molar-refractivity contribution in [2.45, 2.75) is 96.6 Å². The van der Waals surface area contributed by atoms with Crippen LogP contribution in [0.25, 0.3) is 0 Å². The van der Waals surface area contributed by atoms with E-state index in [0.717, 1.165) is 24.6 Å². The second kappa shape index (κ2) is 14.3. The topological polar surface area (TPSA) is 46.2 Å². The van der Waals surface area contributed by atoms with Gasteiger partial charge in [0.25, 0.3) is 0 Å². The molecule has 1 aromatic carbocycles. The van der Waals surface area contributed by atoms with Crippen LogP contribution >= 0.6 is 0 Å². The smallest absolute Gasteiger partial charge is 0.311 e. The van der Waals surface area contributed by atoms with E-state index in [0.29, 0.717) is 19.8 Å². The Balaban J connectivity index is 2.62. The van der Waals surface area contributed by atoms with Gasteiger partial charge in [0.1, 0.15) is 0 Å². The van der Waals surface area contributed by atoms with Crippen molar-refractivity contribution < 1.29 is 21.8 Å². The van der Waals surface area contributed by atoms with Gasteiger partial charge in [0.05, 0.1) is 19.8 Å². The van der Waals surface area contributed by atoms with Gasteiger partial charge in [0.2, 0.25) is 0 Å². The minimum atomic E-state index is -2.19. The standard InChI is InChI=1S/C26H54O5Si5/c1-13-32(3,4)30-36(11,12)31-35(9,10)22-21-34(7,8)29-33(5,6)20-17-25-15-14-16-26(23-25)24-28-19-18-27-2/h13-16,23H,1,17-22,24H2,2-12H3. The molecule has 0 unspecified atom stereocenters. The Kier molecular flexibility index (Phi) is 13.4. The highest BCUT2D eigenvalue weighted by Crippen LogP contribution is 2.30. The summed E-state index contributed by atoms with van der Waals surface area (Å²) >= 11 is 0. The SMILES string of the molecule is C=C[Si](C)(C)O[Si](C)(C)O[Si](C)(C)CC[Si](C)(C)O[Si](C)(C)CCc1cccc(COCCOC)c1. The number of methoxy groups -OCH3 is 1. The number of hydrogen-bond donors (Lipinski definition) is 0. The fourth-order valence-electron chi connectivity index (χ4n) is 4.52. The first kappa shape index (κ1) is 33.9. The van der Waals surface area contributed by atoms with Crippen LogP contribution < -0.4 is 0 Å². The molecule has 0 saturated carbocycles. The van der Waals surface area contributed by atoms with Crippen LogP contribution in [-0.2, 0) is 34.8 Å². The molecule has 0 saturated heterocycles. The van der Waals surface area contributed by atoms with Crippen molar-refractivity contribution in [2.24, 2.45) is 0 Å². The summed E-state index contributed by atoms with van der Waals surface area (Å²) in [5.74, 6) is 0. The van der Waals surface area contributed by atoms with E-state index in [2.05, 4.69) is 96.3 Å². The first-order chi connectivity index (χ1) is 16.4. The molecule has 0 bridgehead atoms. The number of benzene rings is 1. The zero-order valence-corrected chi connectivity index (χ0v) is 30.1. The highest BCUT2D eigenvalue weighted by molar-refractivity contribution is 6.90. The van der Waals surface area contributed by atoms with E-state index < -0.39 is 41.8 Å². The maximum absolute atomic E-state index is 6.97. The maximum atomic E-state index is 6.97. The average Bonchev–Trinajstić information content (AvgIpc) is 2.72. The molecule has 0 atom stereocenters. The minimum absolute atomic E-state index is 0.625. The van der Waals surface area contributed by atoms with Gasteiger partial charge in [0.15, 0.2) is 33.3 Å². The molecular weight excluding hydrogens is 533 g/mol. The highest BCUT2D eigenvalue weighted by atomic mass is 28.5. The Morgan fingerprint density at radius 3 is 1.86 bits per heavy atom. The second-order valence-electron chi connectivity index (χ2n) is 12.7. The Morgan fingerprint density at radius 1 is 0.722 bits per heavy atom. The zero-order chi connectivity index (χ0) is 27.7. The molecule has 0 heterocycles. The quantitative estimate of drug-likeness (QED) is 0.130. The summed E-state index contributed by atoms with van der Waals surface area (Å²) < 4.78 is 31.0. The Hall–Kier alpha value is -0.156. The van der Waals surface area contributed by atoms with Gasteiger partial charge in [-0.1, -0.05) is 30.0 Å². The third-order valence-corrected chi connectivity index (χ3v) is 24.6. The van der Waals surface area contributed by atoms with Gasteiger partial charge in [-0.2, -0.15) is 0 Å². The van der Waals surface area contributed by atoms with E-state index in [1.165, 1.54) is 11.1 Å². The van der Waals surface area contributed by atoms with Gasteiger partial charge >= 0.3 is 8.56 Å². The predicted molar refractivity (Wildman–Crippen MR) is 167 cm³/mol. The van der Waals surface area contributed by atoms with E-state index in [4.69, 9.17) is 21.8 Å². The summed E-state index contributed by atoms with van der Waals surface area (Å²) in [6.07, 6.45) is 1.05. The van der Waals surface area contributed by atoms with Crippen molar-refractivity contribution in [3.63, 3.8) is 0 Å². The van der Waals surface area contributed by atoms with E-state index >= 15 is 0 Å². The third kappa shape index (κ3) is 14.7. The minimum Gasteiger partial charge on any atom is -0.455 e. The van der Waals surface area contributed by atoms with E-state index in [1.807, 2.05) is 5.70 Å². The third-order valence-electron chi connectivity index (χ3n) is 6.11. The summed E-state index contributed by atoms with van der Waals surface area (Å²) in [7, 11) is -7.79. The largest absolute Gasteiger partial charge is 0.455 e. The van der Waals surface area contributed by atoms with Gasteiger partial charge in [-0.3, -0.25) is 0 Å². The van der Waals surface area contributed by atoms with Crippen molar-refractivity contribution in [3.05, 3.63) is 47.7 Å². The molecule has 0 aliphatic rings. The molecule has 0 spiro atoms. The molecule has 0 radical (unpaired) electrons. The molecule has 5 nitrogen and oxygen atoms in total. The van der Waals surface area contributed by atoms with Crippen LogP contribution in [-0.4, -0.2) is 62.2 Å². The van der Waals surface area contributed by atoms with Crippen molar-refractivity contribution >= 4 is 41.8 Å². The fraction of sp³-hybridized carbons (Fsp3) is 0.692. The van der Waals surface area contributed by atoms with Crippen molar-refractivity contribution in [3.8, 4) is 0 Å². The lowest BCUT2D eigenvalue weighted by Gasteiger charge is -2.39. The number of ether oxygens (including phenoxy) is 2. The summed E-state index contributed by atoms with van der Waals surface area (Å²) in [5.41, 5.74) is 4.59. The molecule has 0 N–H and O–H groups in total. The lowest BCUT2D eigenvalue weighted by molar-refractivity contribution is 0.0616. The monoisotopic (exact) mass is 586 g/mol. The molecule has 10 heteroatoms. The summed E-state index contributed by atoms with van der Waals surface area (Å²) in [6.45, 7) is 28.8. The van der Waals surface area contributed by atoms with Gasteiger partial charge < -0.3 is 21.8 Å². The van der Waals surface area contributed by atoms with Crippen LogP contribution in [0.5, 0.6) is 0 Å². The fourth-order valence-corrected chi connectivity index (χ4v) is 28.7. The lowest BCUT2D eigenvalue weighted by atomic mass is 10.1. The Morgan fingerprint density at radius 2 is 1.28 bits per heavy atom. The van der Waals surface area contributed by atoms with Crippen LogP contribution in [0.15, 0.2) is 36.5 Å². The molecule has 0 amide bonds. The van der Waals surface area contributed by atoms with E-state index in [9.17, 15) is 0 Å². The molecular formula is C26H54O5Si5. The molecule has 0 fully saturated rings. The van der Waals surface area contributed by atoms with Gasteiger partial charge in [0, 0.05) is 7.11 Å². The number of hydrogen-bond acceptors (Lipinski definition) is 5. The summed E-state index contributed by atoms with van der Waals surface area (Å²) in [4.78, 5) is 0. The first-order valence-corrected chi connectivity index (χ1v) is 28.4. The highest BCUT2D eigenvalue weighted by Gasteiger charge is 2.40. The van der Waals surface area contributed by atoms with Gasteiger partial charge in [-0.15, -0.1) is 6.58 Å². The van der Waals surface area contributed by atoms with Crippen molar-refractivity contribution in [1.29, 1.82) is 0 Å². The second-order valence-corrected chi connectivity index (χ2v) is 33.6. The summed E-state index contributed by atoms with van der Waals surface area (Å²) in [6, 6.07) is 12.2. The van der Waals surface area contributed by atoms with Crippen LogP contribution in [0.3, 0.4) is 0 Å². The normalized spacial score (nSPS) is 13.8. The van der Waals surface area contributed by atoms with Crippen LogP contribution in [0.1, 0.15) is 11.1 Å². The zero-order valence-electron chi connectivity index (χ0n) is 25.1. The molecule has 208 valence electrons. The first-order valence-electron chi connectivity index (χ1n) is 13.3. The Labute approximate surface area is 227 Å². The van der Waals surface area contributed by atoms with Gasteiger partial charge in [-0.05, 0) is 101 Å². The summed E-state index contributed by atoms with van der Waals surface area (Å²) in [5, 5.41) is 0. The van der Waals surface area contributed by atoms with Crippen molar-refractivity contribution in [1.82, 2.24) is 0 Å². The number of rotatable bonds is 18. The molecule has 1 rings (SSSR count).